The van der Waals surface area contributed by atoms with Crippen molar-refractivity contribution in [3.8, 4) is 0 Å². The van der Waals surface area contributed by atoms with E-state index in [1.807, 2.05) is 0 Å². The Labute approximate surface area is 670 Å². The van der Waals surface area contributed by atoms with Crippen LogP contribution in [-0.4, -0.2) is 96.7 Å². The van der Waals surface area contributed by atoms with E-state index in [1.54, 1.807) is 0 Å². The van der Waals surface area contributed by atoms with Gasteiger partial charge in [0.05, 0.1) is 26.4 Å². The lowest BCUT2D eigenvalue weighted by atomic mass is 10.0. The van der Waals surface area contributed by atoms with Gasteiger partial charge in [0.15, 0.2) is 12.2 Å². The van der Waals surface area contributed by atoms with Crippen LogP contribution in [0.3, 0.4) is 0 Å². The summed E-state index contributed by atoms with van der Waals surface area (Å²) in [5.74, 6) is -1.32. The first-order chi connectivity index (χ1) is 53.0. The second kappa shape index (κ2) is 82.6. The number of aliphatic hydroxyl groups is 1. The van der Waals surface area contributed by atoms with Crippen LogP contribution >= 0.6 is 15.6 Å². The molecule has 0 aromatic carbocycles. The topological polar surface area (TPSA) is 237 Å². The number of unbranched alkanes of at least 4 members (excludes halogenated alkanes) is 62. The highest BCUT2D eigenvalue weighted by molar-refractivity contribution is 7.47. The Balaban J connectivity index is 5.20. The summed E-state index contributed by atoms with van der Waals surface area (Å²) in [4.78, 5) is 73.3. The molecular weight excluding hydrogens is 1410 g/mol. The van der Waals surface area contributed by atoms with E-state index in [2.05, 4.69) is 34.6 Å². The van der Waals surface area contributed by atoms with E-state index in [4.69, 9.17) is 37.0 Å². The molecule has 648 valence electrons. The third-order valence-corrected chi connectivity index (χ3v) is 23.2. The highest BCUT2D eigenvalue weighted by Gasteiger charge is 2.31. The van der Waals surface area contributed by atoms with Gasteiger partial charge in [-0.15, -0.1) is 0 Å². The zero-order chi connectivity index (χ0) is 79.7. The summed E-state index contributed by atoms with van der Waals surface area (Å²) in [7, 11) is -9.93. The fourth-order valence-electron chi connectivity index (χ4n) is 14.2. The SMILES string of the molecule is CCCCCCCCCCCCCCCCCCCCCCCCC(=O)OC[C@H](COP(=O)(O)OC[C@@H](O)COP(=O)(O)OC[C@@H](COC(=O)CCCCCCCCCCCC)OC(=O)CCCCCCCCCCCCCCC(C)C)OC(=O)CCCCCCCCCCCCCCCCCCCCCCCC. The number of hydrogen-bond acceptors (Lipinski definition) is 15. The lowest BCUT2D eigenvalue weighted by molar-refractivity contribution is -0.161. The first kappa shape index (κ1) is 107. The number of ether oxygens (including phenoxy) is 4. The molecule has 0 heterocycles. The molecule has 0 aliphatic rings. The molecular formula is C90H176O17P2. The summed E-state index contributed by atoms with van der Waals surface area (Å²) in [5.41, 5.74) is 0. The van der Waals surface area contributed by atoms with Gasteiger partial charge in [0, 0.05) is 25.7 Å². The molecule has 2 unspecified atom stereocenters. The first-order valence-corrected chi connectivity index (χ1v) is 49.6. The maximum absolute atomic E-state index is 13.2. The first-order valence-electron chi connectivity index (χ1n) is 46.6. The molecule has 0 bridgehead atoms. The molecule has 3 N–H and O–H groups in total. The van der Waals surface area contributed by atoms with Crippen LogP contribution in [0.5, 0.6) is 0 Å². The zero-order valence-corrected chi connectivity index (χ0v) is 73.5. The Morgan fingerprint density at radius 2 is 0.422 bits per heavy atom. The molecule has 0 saturated heterocycles. The minimum atomic E-state index is -4.97. The van der Waals surface area contributed by atoms with E-state index in [0.717, 1.165) is 95.8 Å². The predicted octanol–water partition coefficient (Wildman–Crippen LogP) is 27.9. The van der Waals surface area contributed by atoms with Crippen LogP contribution in [-0.2, 0) is 65.4 Å². The van der Waals surface area contributed by atoms with Crippen LogP contribution in [0.4, 0.5) is 0 Å². The Hall–Kier alpha value is -1.94. The predicted molar refractivity (Wildman–Crippen MR) is 451 cm³/mol. The van der Waals surface area contributed by atoms with Gasteiger partial charge >= 0.3 is 39.5 Å². The van der Waals surface area contributed by atoms with E-state index >= 15 is 0 Å². The van der Waals surface area contributed by atoms with E-state index < -0.39 is 97.5 Å². The summed E-state index contributed by atoms with van der Waals surface area (Å²) >= 11 is 0. The van der Waals surface area contributed by atoms with Crippen LogP contribution in [0.2, 0.25) is 0 Å². The van der Waals surface area contributed by atoms with E-state index in [1.165, 1.54) is 315 Å². The average Bonchev–Trinajstić information content (AvgIpc) is 0.899. The number of carbonyl (C=O) groups excluding carboxylic acids is 4. The Morgan fingerprint density at radius 1 is 0.248 bits per heavy atom. The van der Waals surface area contributed by atoms with E-state index in [-0.39, 0.29) is 25.7 Å². The van der Waals surface area contributed by atoms with Crippen molar-refractivity contribution in [1.82, 2.24) is 0 Å². The number of esters is 4. The number of rotatable bonds is 90. The lowest BCUT2D eigenvalue weighted by Gasteiger charge is -2.21. The van der Waals surface area contributed by atoms with Crippen LogP contribution in [0, 0.1) is 5.92 Å². The third-order valence-electron chi connectivity index (χ3n) is 21.3. The number of hydrogen-bond donors (Lipinski definition) is 3. The molecule has 17 nitrogen and oxygen atoms in total. The fourth-order valence-corrected chi connectivity index (χ4v) is 15.8. The average molecular weight is 1590 g/mol. The Kier molecular flexibility index (Phi) is 81.1. The third kappa shape index (κ3) is 83.8. The molecule has 0 rings (SSSR count). The number of aliphatic hydroxyl groups excluding tert-OH is 1. The minimum Gasteiger partial charge on any atom is -0.462 e. The van der Waals surface area contributed by atoms with Gasteiger partial charge in [-0.25, -0.2) is 9.13 Å². The van der Waals surface area contributed by atoms with Gasteiger partial charge in [0.25, 0.3) is 0 Å². The largest absolute Gasteiger partial charge is 0.472 e. The van der Waals surface area contributed by atoms with Crippen molar-refractivity contribution in [3.63, 3.8) is 0 Å². The molecule has 0 aliphatic carbocycles. The summed E-state index contributed by atoms with van der Waals surface area (Å²) < 4.78 is 69.0. The number of phosphoric acid groups is 2. The smallest absolute Gasteiger partial charge is 0.462 e. The van der Waals surface area contributed by atoms with Crippen LogP contribution in [0.1, 0.15) is 490 Å². The van der Waals surface area contributed by atoms with Gasteiger partial charge in [0.2, 0.25) is 0 Å². The monoisotopic (exact) mass is 1590 g/mol. The van der Waals surface area contributed by atoms with Crippen molar-refractivity contribution in [2.75, 3.05) is 39.6 Å². The van der Waals surface area contributed by atoms with Gasteiger partial charge in [-0.3, -0.25) is 37.3 Å². The molecule has 0 aromatic rings. The number of carbonyl (C=O) groups is 4. The quantitative estimate of drug-likeness (QED) is 0.0222. The molecule has 109 heavy (non-hydrogen) atoms. The van der Waals surface area contributed by atoms with Crippen LogP contribution in [0.25, 0.3) is 0 Å². The summed E-state index contributed by atoms with van der Waals surface area (Å²) in [6, 6.07) is 0. The summed E-state index contributed by atoms with van der Waals surface area (Å²) in [6.45, 7) is 7.38. The van der Waals surface area contributed by atoms with Gasteiger partial charge in [-0.2, -0.15) is 0 Å². The molecule has 19 heteroatoms. The van der Waals surface area contributed by atoms with Crippen molar-refractivity contribution < 1.29 is 80.2 Å². The lowest BCUT2D eigenvalue weighted by Crippen LogP contribution is -2.30. The summed E-state index contributed by atoms with van der Waals surface area (Å²) in [5, 5.41) is 10.7. The zero-order valence-electron chi connectivity index (χ0n) is 71.7. The molecule has 0 radical (unpaired) electrons. The molecule has 0 fully saturated rings. The van der Waals surface area contributed by atoms with E-state index in [0.29, 0.717) is 25.7 Å². The van der Waals surface area contributed by atoms with Crippen molar-refractivity contribution in [2.24, 2.45) is 5.92 Å². The van der Waals surface area contributed by atoms with Crippen molar-refractivity contribution in [2.45, 2.75) is 509 Å². The maximum atomic E-state index is 13.2. The van der Waals surface area contributed by atoms with Gasteiger partial charge in [-0.1, -0.05) is 439 Å². The summed E-state index contributed by atoms with van der Waals surface area (Å²) in [6.07, 6.45) is 78.0. The van der Waals surface area contributed by atoms with Crippen molar-refractivity contribution >= 4 is 39.5 Å². The van der Waals surface area contributed by atoms with Gasteiger partial charge < -0.3 is 33.8 Å². The molecule has 0 aliphatic heterocycles. The van der Waals surface area contributed by atoms with Gasteiger partial charge in [-0.05, 0) is 31.6 Å². The highest BCUT2D eigenvalue weighted by atomic mass is 31.2. The Bertz CT molecular complexity index is 2070. The molecule has 0 spiro atoms. The van der Waals surface area contributed by atoms with Crippen molar-refractivity contribution in [3.05, 3.63) is 0 Å². The van der Waals surface area contributed by atoms with E-state index in [9.17, 15) is 43.2 Å². The van der Waals surface area contributed by atoms with Gasteiger partial charge in [0.1, 0.15) is 19.3 Å². The molecule has 5 atom stereocenters. The Morgan fingerprint density at radius 3 is 0.624 bits per heavy atom. The maximum Gasteiger partial charge on any atom is 0.472 e. The van der Waals surface area contributed by atoms with Crippen LogP contribution in [0.15, 0.2) is 0 Å². The van der Waals surface area contributed by atoms with Crippen molar-refractivity contribution in [1.29, 1.82) is 0 Å². The molecule has 0 amide bonds. The number of phosphoric ester groups is 2. The second-order valence-corrected chi connectivity index (χ2v) is 35.7. The minimum absolute atomic E-state index is 0.108. The van der Waals surface area contributed by atoms with Crippen LogP contribution < -0.4 is 0 Å². The normalized spacial score (nSPS) is 13.7. The standard InChI is InChI=1S/C90H176O17P2/c1-6-9-12-15-18-21-24-26-28-30-32-34-36-38-40-42-44-49-54-59-64-69-74-88(93)101-80-86(107-89(94)75-70-65-60-55-50-45-43-41-39-37-35-33-31-29-27-25-22-19-16-13-10-7-2)82-105-109(98,99)103-78-84(91)77-102-108(96,97)104-81-85(79-100-87(92)73-68-63-58-53-23-20-17-14-11-8-3)106-90(95)76-71-66-61-56-51-47-46-48-52-57-62-67-72-83(4)5/h83-86,91H,6-82H2,1-5H3,(H,96,97)(H,98,99)/t84-,85+,86+/m0/s1. The fraction of sp³-hybridized carbons (Fsp3) is 0.956. The molecule has 0 saturated carbocycles. The molecule has 0 aromatic heterocycles. The highest BCUT2D eigenvalue weighted by Crippen LogP contribution is 2.45. The second-order valence-electron chi connectivity index (χ2n) is 32.8.